The molecule has 25 heavy (non-hydrogen) atoms. The van der Waals surface area contributed by atoms with E-state index in [9.17, 15) is 18.0 Å². The summed E-state index contributed by atoms with van der Waals surface area (Å²) in [5, 5.41) is 2.25. The summed E-state index contributed by atoms with van der Waals surface area (Å²) in [5.74, 6) is -4.06. The fourth-order valence-corrected chi connectivity index (χ4v) is 2.44. The van der Waals surface area contributed by atoms with Gasteiger partial charge >= 0.3 is 0 Å². The summed E-state index contributed by atoms with van der Waals surface area (Å²) in [6.45, 7) is 0. The Balaban J connectivity index is 1.68. The van der Waals surface area contributed by atoms with Gasteiger partial charge in [-0.05, 0) is 16.7 Å². The van der Waals surface area contributed by atoms with E-state index in [2.05, 4.69) is 5.32 Å². The van der Waals surface area contributed by atoms with E-state index in [0.717, 1.165) is 16.7 Å². The first kappa shape index (κ1) is 16.8. The van der Waals surface area contributed by atoms with Crippen LogP contribution in [0.5, 0.6) is 0 Å². The number of amides is 1. The van der Waals surface area contributed by atoms with Gasteiger partial charge in [0.25, 0.3) is 0 Å². The first-order chi connectivity index (χ1) is 12.0. The van der Waals surface area contributed by atoms with Crippen LogP contribution in [0.15, 0.2) is 66.7 Å². The minimum absolute atomic E-state index is 0.00644. The molecule has 0 aliphatic carbocycles. The normalized spacial score (nSPS) is 10.5. The SMILES string of the molecule is O=C(Cc1ccc(-c2ccccc2)cc1)Nc1cc(F)c(F)cc1F. The van der Waals surface area contributed by atoms with Crippen molar-refractivity contribution in [1.29, 1.82) is 0 Å². The van der Waals surface area contributed by atoms with Crippen molar-refractivity contribution in [1.82, 2.24) is 0 Å². The van der Waals surface area contributed by atoms with Crippen LogP contribution < -0.4 is 5.32 Å². The highest BCUT2D eigenvalue weighted by Gasteiger charge is 2.12. The summed E-state index contributed by atoms with van der Waals surface area (Å²) in [6.07, 6.45) is -0.00644. The Bertz CT molecular complexity index is 893. The number of halogens is 3. The molecule has 126 valence electrons. The van der Waals surface area contributed by atoms with Gasteiger partial charge in [0.2, 0.25) is 5.91 Å². The van der Waals surface area contributed by atoms with E-state index < -0.39 is 23.4 Å². The molecule has 1 amide bonds. The number of hydrogen-bond acceptors (Lipinski definition) is 1. The number of rotatable bonds is 4. The molecule has 5 heteroatoms. The van der Waals surface area contributed by atoms with Gasteiger partial charge in [-0.2, -0.15) is 0 Å². The molecule has 1 N–H and O–H groups in total. The molecule has 0 saturated carbocycles. The molecular formula is C20H14F3NO. The van der Waals surface area contributed by atoms with Crippen LogP contribution in [-0.2, 0) is 11.2 Å². The molecule has 0 atom stereocenters. The average Bonchev–Trinajstić information content (AvgIpc) is 2.61. The van der Waals surface area contributed by atoms with Gasteiger partial charge in [-0.15, -0.1) is 0 Å². The molecule has 2 nitrogen and oxygen atoms in total. The molecule has 0 saturated heterocycles. The number of carbonyl (C=O) groups is 1. The highest BCUT2D eigenvalue weighted by atomic mass is 19.2. The van der Waals surface area contributed by atoms with Crippen molar-refractivity contribution < 1.29 is 18.0 Å². The van der Waals surface area contributed by atoms with Crippen molar-refractivity contribution in [2.45, 2.75) is 6.42 Å². The van der Waals surface area contributed by atoms with Crippen LogP contribution in [0.2, 0.25) is 0 Å². The van der Waals surface area contributed by atoms with E-state index in [1.54, 1.807) is 12.1 Å². The third-order valence-electron chi connectivity index (χ3n) is 3.71. The zero-order chi connectivity index (χ0) is 17.8. The Labute approximate surface area is 142 Å². The first-order valence-corrected chi connectivity index (χ1v) is 7.61. The molecular weight excluding hydrogens is 327 g/mol. The fraction of sp³-hybridized carbons (Fsp3) is 0.0500. The monoisotopic (exact) mass is 341 g/mol. The summed E-state index contributed by atoms with van der Waals surface area (Å²) in [6, 6.07) is 18.2. The molecule has 0 fully saturated rings. The molecule has 0 spiro atoms. The molecule has 3 aromatic carbocycles. The lowest BCUT2D eigenvalue weighted by atomic mass is 10.0. The molecule has 0 aliphatic heterocycles. The second kappa shape index (κ2) is 7.21. The van der Waals surface area contributed by atoms with Gasteiger partial charge in [0.15, 0.2) is 11.6 Å². The van der Waals surface area contributed by atoms with Crippen molar-refractivity contribution in [3.05, 3.63) is 89.7 Å². The summed E-state index contributed by atoms with van der Waals surface area (Å²) in [4.78, 5) is 12.0. The summed E-state index contributed by atoms with van der Waals surface area (Å²) in [7, 11) is 0. The van der Waals surface area contributed by atoms with E-state index >= 15 is 0 Å². The van der Waals surface area contributed by atoms with E-state index in [4.69, 9.17) is 0 Å². The second-order valence-corrected chi connectivity index (χ2v) is 5.53. The number of hydrogen-bond donors (Lipinski definition) is 1. The number of nitrogens with one attached hydrogen (secondary N) is 1. The standard InChI is InChI=1S/C20H14F3NO/c21-16-11-18(23)19(12-17(16)22)24-20(25)10-13-6-8-15(9-7-13)14-4-2-1-3-5-14/h1-9,11-12H,10H2,(H,24,25). The fourth-order valence-electron chi connectivity index (χ4n) is 2.44. The third-order valence-corrected chi connectivity index (χ3v) is 3.71. The van der Waals surface area contributed by atoms with Crippen LogP contribution >= 0.6 is 0 Å². The first-order valence-electron chi connectivity index (χ1n) is 7.61. The maximum absolute atomic E-state index is 13.5. The number of anilines is 1. The van der Waals surface area contributed by atoms with Gasteiger partial charge in [-0.25, -0.2) is 13.2 Å². The molecule has 0 radical (unpaired) electrons. The Morgan fingerprint density at radius 1 is 0.760 bits per heavy atom. The Kier molecular flexibility index (Phi) is 4.84. The van der Waals surface area contributed by atoms with Crippen molar-refractivity contribution in [2.75, 3.05) is 5.32 Å². The average molecular weight is 341 g/mol. The van der Waals surface area contributed by atoms with E-state index in [1.807, 2.05) is 42.5 Å². The molecule has 0 aliphatic rings. The van der Waals surface area contributed by atoms with Gasteiger partial charge in [-0.3, -0.25) is 4.79 Å². The predicted octanol–water partition coefficient (Wildman–Crippen LogP) is 4.95. The van der Waals surface area contributed by atoms with Crippen molar-refractivity contribution >= 4 is 11.6 Å². The lowest BCUT2D eigenvalue weighted by molar-refractivity contribution is -0.115. The van der Waals surface area contributed by atoms with Crippen molar-refractivity contribution in [3.63, 3.8) is 0 Å². The van der Waals surface area contributed by atoms with Crippen LogP contribution in [0.1, 0.15) is 5.56 Å². The van der Waals surface area contributed by atoms with Crippen LogP contribution in [0, 0.1) is 17.5 Å². The van der Waals surface area contributed by atoms with E-state index in [-0.39, 0.29) is 12.1 Å². The maximum atomic E-state index is 13.5. The Morgan fingerprint density at radius 2 is 1.36 bits per heavy atom. The largest absolute Gasteiger partial charge is 0.323 e. The highest BCUT2D eigenvalue weighted by Crippen LogP contribution is 2.21. The van der Waals surface area contributed by atoms with Gasteiger partial charge in [-0.1, -0.05) is 54.6 Å². The Hall–Kier alpha value is -3.08. The van der Waals surface area contributed by atoms with Crippen molar-refractivity contribution in [3.8, 4) is 11.1 Å². The summed E-state index contributed by atoms with van der Waals surface area (Å²) < 4.78 is 39.6. The van der Waals surface area contributed by atoms with Crippen molar-refractivity contribution in [2.24, 2.45) is 0 Å². The summed E-state index contributed by atoms with van der Waals surface area (Å²) in [5.41, 5.74) is 2.41. The summed E-state index contributed by atoms with van der Waals surface area (Å²) >= 11 is 0. The maximum Gasteiger partial charge on any atom is 0.228 e. The van der Waals surface area contributed by atoms with Gasteiger partial charge in [0.1, 0.15) is 5.82 Å². The minimum atomic E-state index is -1.30. The van der Waals surface area contributed by atoms with E-state index in [1.165, 1.54) is 0 Å². The van der Waals surface area contributed by atoms with E-state index in [0.29, 0.717) is 12.1 Å². The van der Waals surface area contributed by atoms with Crippen LogP contribution in [-0.4, -0.2) is 5.91 Å². The molecule has 3 aromatic rings. The van der Waals surface area contributed by atoms with Crippen LogP contribution in [0.25, 0.3) is 11.1 Å². The zero-order valence-corrected chi connectivity index (χ0v) is 13.1. The van der Waals surface area contributed by atoms with Gasteiger partial charge in [0, 0.05) is 12.1 Å². The number of carbonyl (C=O) groups excluding carboxylic acids is 1. The molecule has 0 aromatic heterocycles. The second-order valence-electron chi connectivity index (χ2n) is 5.53. The van der Waals surface area contributed by atoms with Gasteiger partial charge < -0.3 is 5.32 Å². The van der Waals surface area contributed by atoms with Gasteiger partial charge in [0.05, 0.1) is 12.1 Å². The molecule has 0 unspecified atom stereocenters. The molecule has 3 rings (SSSR count). The third kappa shape index (κ3) is 4.07. The quantitative estimate of drug-likeness (QED) is 0.668. The number of benzene rings is 3. The lowest BCUT2D eigenvalue weighted by Crippen LogP contribution is -2.15. The topological polar surface area (TPSA) is 29.1 Å². The Morgan fingerprint density at radius 3 is 2.04 bits per heavy atom. The highest BCUT2D eigenvalue weighted by molar-refractivity contribution is 5.92. The molecule has 0 bridgehead atoms. The molecule has 0 heterocycles. The lowest BCUT2D eigenvalue weighted by Gasteiger charge is -2.08. The predicted molar refractivity (Wildman–Crippen MR) is 90.5 cm³/mol. The zero-order valence-electron chi connectivity index (χ0n) is 13.1. The van der Waals surface area contributed by atoms with Crippen LogP contribution in [0.3, 0.4) is 0 Å². The smallest absolute Gasteiger partial charge is 0.228 e. The van der Waals surface area contributed by atoms with Crippen LogP contribution in [0.4, 0.5) is 18.9 Å². The minimum Gasteiger partial charge on any atom is -0.323 e.